The second kappa shape index (κ2) is 3.23. The number of anilines is 1. The molecule has 0 radical (unpaired) electrons. The van der Waals surface area contributed by atoms with Gasteiger partial charge in [-0.1, -0.05) is 6.92 Å². The van der Waals surface area contributed by atoms with Crippen LogP contribution in [-0.2, 0) is 0 Å². The van der Waals surface area contributed by atoms with Gasteiger partial charge in [-0.15, -0.1) is 5.10 Å². The number of hydrogen-bond donors (Lipinski definition) is 2. The van der Waals surface area contributed by atoms with Crippen LogP contribution in [0.25, 0.3) is 0 Å². The van der Waals surface area contributed by atoms with Crippen LogP contribution in [-0.4, -0.2) is 28.8 Å². The summed E-state index contributed by atoms with van der Waals surface area (Å²) >= 11 is 0. The van der Waals surface area contributed by atoms with Crippen molar-refractivity contribution in [2.75, 3.05) is 18.5 Å². The highest BCUT2D eigenvalue weighted by Crippen LogP contribution is 1.98. The SMILES string of the molecule is CCCN(C)c1n[nH]c(=O)[nH]1. The molecule has 1 heterocycles. The zero-order valence-corrected chi connectivity index (χ0v) is 6.72. The van der Waals surface area contributed by atoms with Crippen LogP contribution in [0.2, 0.25) is 0 Å². The van der Waals surface area contributed by atoms with Crippen LogP contribution in [0, 0.1) is 0 Å². The van der Waals surface area contributed by atoms with Gasteiger partial charge >= 0.3 is 5.69 Å². The van der Waals surface area contributed by atoms with Gasteiger partial charge in [0, 0.05) is 13.6 Å². The Kier molecular flexibility index (Phi) is 2.30. The highest BCUT2D eigenvalue weighted by molar-refractivity contribution is 5.24. The maximum Gasteiger partial charge on any atom is 0.342 e. The molecule has 1 aromatic heterocycles. The van der Waals surface area contributed by atoms with Gasteiger partial charge in [-0.2, -0.15) is 0 Å². The van der Waals surface area contributed by atoms with Crippen LogP contribution in [0.15, 0.2) is 4.79 Å². The molecule has 1 rings (SSSR count). The lowest BCUT2D eigenvalue weighted by Gasteiger charge is -2.12. The van der Waals surface area contributed by atoms with Crippen LogP contribution in [0.3, 0.4) is 0 Å². The molecule has 0 aliphatic heterocycles. The molecule has 0 aliphatic carbocycles. The predicted octanol–water partition coefficient (Wildman–Crippen LogP) is -0.0558. The third kappa shape index (κ3) is 1.83. The first-order chi connectivity index (χ1) is 5.24. The number of nitrogens with one attached hydrogen (secondary N) is 2. The largest absolute Gasteiger partial charge is 0.344 e. The molecule has 11 heavy (non-hydrogen) atoms. The van der Waals surface area contributed by atoms with Crippen molar-refractivity contribution in [3.05, 3.63) is 10.5 Å². The Labute approximate surface area is 64.4 Å². The van der Waals surface area contributed by atoms with Gasteiger partial charge < -0.3 is 4.90 Å². The summed E-state index contributed by atoms with van der Waals surface area (Å²) in [6, 6.07) is 0. The van der Waals surface area contributed by atoms with Gasteiger partial charge in [0.1, 0.15) is 0 Å². The summed E-state index contributed by atoms with van der Waals surface area (Å²) in [5, 5.41) is 6.07. The third-order valence-corrected chi connectivity index (χ3v) is 1.41. The van der Waals surface area contributed by atoms with Gasteiger partial charge in [0.05, 0.1) is 0 Å². The topological polar surface area (TPSA) is 64.8 Å². The first-order valence-electron chi connectivity index (χ1n) is 3.60. The van der Waals surface area contributed by atoms with E-state index in [2.05, 4.69) is 22.1 Å². The number of rotatable bonds is 3. The molecule has 62 valence electrons. The summed E-state index contributed by atoms with van der Waals surface area (Å²) in [6.45, 7) is 2.96. The van der Waals surface area contributed by atoms with E-state index < -0.39 is 0 Å². The van der Waals surface area contributed by atoms with E-state index in [1.807, 2.05) is 11.9 Å². The van der Waals surface area contributed by atoms with E-state index in [0.717, 1.165) is 13.0 Å². The smallest absolute Gasteiger partial charge is 0.342 e. The minimum absolute atomic E-state index is 0.261. The van der Waals surface area contributed by atoms with Gasteiger partial charge in [-0.25, -0.2) is 9.89 Å². The number of aromatic nitrogens is 3. The number of nitrogens with zero attached hydrogens (tertiary/aromatic N) is 2. The fourth-order valence-corrected chi connectivity index (χ4v) is 0.883. The monoisotopic (exact) mass is 156 g/mol. The van der Waals surface area contributed by atoms with Gasteiger partial charge in [0.25, 0.3) is 0 Å². The quantitative estimate of drug-likeness (QED) is 0.644. The van der Waals surface area contributed by atoms with Gasteiger partial charge in [0.2, 0.25) is 5.95 Å². The lowest BCUT2D eigenvalue weighted by Crippen LogP contribution is -2.19. The molecule has 1 aromatic rings. The molecule has 0 aliphatic rings. The van der Waals surface area contributed by atoms with Crippen molar-refractivity contribution in [1.82, 2.24) is 15.2 Å². The van der Waals surface area contributed by atoms with Crippen LogP contribution < -0.4 is 10.6 Å². The van der Waals surface area contributed by atoms with Gasteiger partial charge in [-0.3, -0.25) is 4.98 Å². The van der Waals surface area contributed by atoms with E-state index in [0.29, 0.717) is 5.95 Å². The molecular weight excluding hydrogens is 144 g/mol. The van der Waals surface area contributed by atoms with E-state index >= 15 is 0 Å². The Balaban J connectivity index is 2.68. The fourth-order valence-electron chi connectivity index (χ4n) is 0.883. The zero-order valence-electron chi connectivity index (χ0n) is 6.72. The summed E-state index contributed by atoms with van der Waals surface area (Å²) in [5.74, 6) is 0.594. The summed E-state index contributed by atoms with van der Waals surface area (Å²) in [7, 11) is 1.88. The van der Waals surface area contributed by atoms with Crippen LogP contribution in [0.1, 0.15) is 13.3 Å². The van der Waals surface area contributed by atoms with E-state index in [9.17, 15) is 4.79 Å². The first kappa shape index (κ1) is 7.84. The molecular formula is C6H12N4O. The minimum Gasteiger partial charge on any atom is -0.344 e. The van der Waals surface area contributed by atoms with E-state index in [4.69, 9.17) is 0 Å². The molecule has 5 heteroatoms. The average Bonchev–Trinajstić information content (AvgIpc) is 2.36. The average molecular weight is 156 g/mol. The molecule has 0 saturated carbocycles. The molecule has 0 unspecified atom stereocenters. The predicted molar refractivity (Wildman–Crippen MR) is 42.8 cm³/mol. The van der Waals surface area contributed by atoms with Crippen molar-refractivity contribution >= 4 is 5.95 Å². The lowest BCUT2D eigenvalue weighted by atomic mass is 10.4. The van der Waals surface area contributed by atoms with E-state index in [1.165, 1.54) is 0 Å². The third-order valence-electron chi connectivity index (χ3n) is 1.41. The Hall–Kier alpha value is -1.26. The minimum atomic E-state index is -0.261. The highest BCUT2D eigenvalue weighted by atomic mass is 16.1. The molecule has 5 nitrogen and oxygen atoms in total. The zero-order chi connectivity index (χ0) is 8.27. The van der Waals surface area contributed by atoms with E-state index in [1.54, 1.807) is 0 Å². The van der Waals surface area contributed by atoms with Crippen LogP contribution in [0.5, 0.6) is 0 Å². The first-order valence-corrected chi connectivity index (χ1v) is 3.60. The summed E-state index contributed by atoms with van der Waals surface area (Å²) in [4.78, 5) is 15.0. The lowest BCUT2D eigenvalue weighted by molar-refractivity contribution is 0.821. The number of H-pyrrole nitrogens is 2. The summed E-state index contributed by atoms with van der Waals surface area (Å²) in [5.41, 5.74) is -0.261. The Morgan fingerprint density at radius 3 is 2.82 bits per heavy atom. The molecule has 0 atom stereocenters. The second-order valence-corrected chi connectivity index (χ2v) is 2.42. The molecule has 0 spiro atoms. The maximum absolute atomic E-state index is 10.6. The molecule has 0 saturated heterocycles. The Morgan fingerprint density at radius 1 is 1.64 bits per heavy atom. The van der Waals surface area contributed by atoms with Crippen molar-refractivity contribution in [2.45, 2.75) is 13.3 Å². The molecule has 0 fully saturated rings. The Bertz CT molecular complexity index is 264. The summed E-state index contributed by atoms with van der Waals surface area (Å²) in [6.07, 6.45) is 1.03. The Morgan fingerprint density at radius 2 is 2.36 bits per heavy atom. The fraction of sp³-hybridized carbons (Fsp3) is 0.667. The van der Waals surface area contributed by atoms with Crippen molar-refractivity contribution in [3.63, 3.8) is 0 Å². The standard InChI is InChI=1S/C6H12N4O/c1-3-4-10(2)5-7-6(11)9-8-5/h3-4H2,1-2H3,(H2,7,8,9,11). The maximum atomic E-state index is 10.6. The molecule has 0 amide bonds. The van der Waals surface area contributed by atoms with E-state index in [-0.39, 0.29) is 5.69 Å². The van der Waals surface area contributed by atoms with Crippen LogP contribution >= 0.6 is 0 Å². The molecule has 2 N–H and O–H groups in total. The molecule has 0 aromatic carbocycles. The normalized spacial score (nSPS) is 10.0. The molecule has 0 bridgehead atoms. The van der Waals surface area contributed by atoms with Crippen molar-refractivity contribution in [3.8, 4) is 0 Å². The highest BCUT2D eigenvalue weighted by Gasteiger charge is 2.01. The number of hydrogen-bond acceptors (Lipinski definition) is 3. The van der Waals surface area contributed by atoms with Gasteiger partial charge in [0.15, 0.2) is 0 Å². The summed E-state index contributed by atoms with van der Waals surface area (Å²) < 4.78 is 0. The van der Waals surface area contributed by atoms with Crippen LogP contribution in [0.4, 0.5) is 5.95 Å². The van der Waals surface area contributed by atoms with Crippen molar-refractivity contribution in [1.29, 1.82) is 0 Å². The van der Waals surface area contributed by atoms with Gasteiger partial charge in [-0.05, 0) is 6.42 Å². The van der Waals surface area contributed by atoms with Crippen molar-refractivity contribution in [2.24, 2.45) is 0 Å². The number of aromatic amines is 2. The second-order valence-electron chi connectivity index (χ2n) is 2.42. The van der Waals surface area contributed by atoms with Crippen molar-refractivity contribution < 1.29 is 0 Å².